The van der Waals surface area contributed by atoms with Gasteiger partial charge in [-0.2, -0.15) is 13.2 Å². The van der Waals surface area contributed by atoms with Gasteiger partial charge < -0.3 is 15.3 Å². The predicted octanol–water partition coefficient (Wildman–Crippen LogP) is 3.47. The molecule has 1 aliphatic rings. The molecule has 1 fully saturated rings. The van der Waals surface area contributed by atoms with Gasteiger partial charge in [-0.1, -0.05) is 0 Å². The Labute approximate surface area is 126 Å². The van der Waals surface area contributed by atoms with Crippen LogP contribution in [0, 0.1) is 0 Å². The Morgan fingerprint density at radius 3 is 2.36 bits per heavy atom. The van der Waals surface area contributed by atoms with Crippen LogP contribution < -0.4 is 5.32 Å². The molecule has 1 aliphatic carbocycles. The van der Waals surface area contributed by atoms with Crippen LogP contribution in [0.25, 0.3) is 0 Å². The van der Waals surface area contributed by atoms with Gasteiger partial charge in [0, 0.05) is 24.9 Å². The highest BCUT2D eigenvalue weighted by molar-refractivity contribution is 5.89. The number of aliphatic hydroxyl groups excluding tert-OH is 1. The molecule has 0 radical (unpaired) electrons. The van der Waals surface area contributed by atoms with E-state index in [0.29, 0.717) is 25.1 Å². The maximum atomic E-state index is 12.5. The van der Waals surface area contributed by atoms with E-state index in [1.54, 1.807) is 4.90 Å². The number of rotatable bonds is 6. The first kappa shape index (κ1) is 16.6. The lowest BCUT2D eigenvalue weighted by Gasteiger charge is -2.23. The van der Waals surface area contributed by atoms with Crippen LogP contribution in [0.3, 0.4) is 0 Å². The molecular formula is C15H19F3N2O2. The van der Waals surface area contributed by atoms with Crippen LogP contribution in [0.15, 0.2) is 24.3 Å². The number of amides is 2. The summed E-state index contributed by atoms with van der Waals surface area (Å²) in [5, 5.41) is 11.4. The Morgan fingerprint density at radius 1 is 1.23 bits per heavy atom. The first-order chi connectivity index (χ1) is 10.4. The first-order valence-corrected chi connectivity index (χ1v) is 7.27. The molecule has 0 aliphatic heterocycles. The van der Waals surface area contributed by atoms with Crippen molar-refractivity contribution in [2.24, 2.45) is 0 Å². The first-order valence-electron chi connectivity index (χ1n) is 7.27. The average molecular weight is 316 g/mol. The summed E-state index contributed by atoms with van der Waals surface area (Å²) in [4.78, 5) is 13.9. The molecule has 22 heavy (non-hydrogen) atoms. The minimum absolute atomic E-state index is 0.0824. The highest BCUT2D eigenvalue weighted by Gasteiger charge is 2.32. The Morgan fingerprint density at radius 2 is 1.86 bits per heavy atom. The summed E-state index contributed by atoms with van der Waals surface area (Å²) in [7, 11) is 0. The predicted molar refractivity (Wildman–Crippen MR) is 76.5 cm³/mol. The number of urea groups is 1. The summed E-state index contributed by atoms with van der Waals surface area (Å²) in [6, 6.07) is 4.29. The molecule has 2 rings (SSSR count). The number of hydrogen-bond donors (Lipinski definition) is 2. The van der Waals surface area contributed by atoms with E-state index in [0.717, 1.165) is 25.0 Å². The zero-order chi connectivity index (χ0) is 16.2. The molecule has 0 aromatic heterocycles. The molecule has 7 heteroatoms. The number of alkyl halides is 3. The summed E-state index contributed by atoms with van der Waals surface area (Å²) in [6.45, 7) is 0.622. The molecule has 2 amide bonds. The van der Waals surface area contributed by atoms with Crippen LogP contribution in [0.2, 0.25) is 0 Å². The monoisotopic (exact) mass is 316 g/mol. The van der Waals surface area contributed by atoms with E-state index in [-0.39, 0.29) is 18.7 Å². The van der Waals surface area contributed by atoms with Gasteiger partial charge >= 0.3 is 12.2 Å². The van der Waals surface area contributed by atoms with Gasteiger partial charge in [0.15, 0.2) is 0 Å². The van der Waals surface area contributed by atoms with Crippen molar-refractivity contribution < 1.29 is 23.1 Å². The van der Waals surface area contributed by atoms with Crippen LogP contribution in [0.4, 0.5) is 23.7 Å². The molecule has 1 aromatic rings. The number of carbonyl (C=O) groups is 1. The molecule has 0 unspecified atom stereocenters. The van der Waals surface area contributed by atoms with Crippen molar-refractivity contribution in [1.82, 2.24) is 4.90 Å². The van der Waals surface area contributed by atoms with Gasteiger partial charge in [-0.25, -0.2) is 4.79 Å². The largest absolute Gasteiger partial charge is 0.416 e. The van der Waals surface area contributed by atoms with Crippen LogP contribution in [0.5, 0.6) is 0 Å². The van der Waals surface area contributed by atoms with Crippen LogP contribution in [0.1, 0.15) is 31.2 Å². The minimum atomic E-state index is -4.38. The fourth-order valence-electron chi connectivity index (χ4n) is 2.17. The fourth-order valence-corrected chi connectivity index (χ4v) is 2.17. The lowest BCUT2D eigenvalue weighted by molar-refractivity contribution is -0.137. The summed E-state index contributed by atoms with van der Waals surface area (Å²) in [6.07, 6.45) is -1.17. The molecular weight excluding hydrogens is 297 g/mol. The smallest absolute Gasteiger partial charge is 0.396 e. The van der Waals surface area contributed by atoms with Crippen molar-refractivity contribution >= 4 is 11.7 Å². The summed E-state index contributed by atoms with van der Waals surface area (Å²) in [5.74, 6) is 0. The molecule has 0 heterocycles. The highest BCUT2D eigenvalue weighted by Crippen LogP contribution is 2.30. The molecule has 122 valence electrons. The third kappa shape index (κ3) is 4.62. The SMILES string of the molecule is O=C(Nc1ccc(C(F)(F)F)cc1)N(CCCCO)C1CC1. The van der Waals surface area contributed by atoms with Gasteiger partial charge in [0.2, 0.25) is 0 Å². The van der Waals surface area contributed by atoms with Crippen LogP contribution in [-0.4, -0.2) is 35.2 Å². The number of hydrogen-bond acceptors (Lipinski definition) is 2. The minimum Gasteiger partial charge on any atom is -0.396 e. The zero-order valence-electron chi connectivity index (χ0n) is 12.1. The van der Waals surface area contributed by atoms with Crippen molar-refractivity contribution in [3.8, 4) is 0 Å². The molecule has 4 nitrogen and oxygen atoms in total. The van der Waals surface area contributed by atoms with E-state index >= 15 is 0 Å². The highest BCUT2D eigenvalue weighted by atomic mass is 19.4. The number of benzene rings is 1. The van der Waals surface area contributed by atoms with Crippen molar-refractivity contribution in [3.05, 3.63) is 29.8 Å². The second-order valence-corrected chi connectivity index (χ2v) is 5.36. The van der Waals surface area contributed by atoms with Gasteiger partial charge in [0.25, 0.3) is 0 Å². The number of aliphatic hydroxyl groups is 1. The van der Waals surface area contributed by atoms with Crippen LogP contribution >= 0.6 is 0 Å². The van der Waals surface area contributed by atoms with Gasteiger partial charge in [-0.05, 0) is 49.9 Å². The van der Waals surface area contributed by atoms with Gasteiger partial charge in [0.1, 0.15) is 0 Å². The van der Waals surface area contributed by atoms with Gasteiger partial charge in [-0.3, -0.25) is 0 Å². The second-order valence-electron chi connectivity index (χ2n) is 5.36. The summed E-state index contributed by atoms with van der Waals surface area (Å²) >= 11 is 0. The Bertz CT molecular complexity index is 499. The van der Waals surface area contributed by atoms with Crippen molar-refractivity contribution in [2.45, 2.75) is 37.9 Å². The van der Waals surface area contributed by atoms with Gasteiger partial charge in [-0.15, -0.1) is 0 Å². The Kier molecular flexibility index (Phi) is 5.28. The van der Waals surface area contributed by atoms with E-state index in [2.05, 4.69) is 5.32 Å². The molecule has 0 spiro atoms. The Balaban J connectivity index is 1.94. The topological polar surface area (TPSA) is 52.6 Å². The van der Waals surface area contributed by atoms with E-state index in [4.69, 9.17) is 5.11 Å². The van der Waals surface area contributed by atoms with Gasteiger partial charge in [0.05, 0.1) is 5.56 Å². The number of halogens is 3. The molecule has 0 atom stereocenters. The molecule has 1 aromatic carbocycles. The quantitative estimate of drug-likeness (QED) is 0.790. The maximum Gasteiger partial charge on any atom is 0.416 e. The van der Waals surface area contributed by atoms with Crippen molar-refractivity contribution in [1.29, 1.82) is 0 Å². The average Bonchev–Trinajstić information content (AvgIpc) is 3.27. The van der Waals surface area contributed by atoms with Crippen LogP contribution in [-0.2, 0) is 6.18 Å². The van der Waals surface area contributed by atoms with Crippen molar-refractivity contribution in [3.63, 3.8) is 0 Å². The lowest BCUT2D eigenvalue weighted by Crippen LogP contribution is -2.37. The molecule has 0 saturated heterocycles. The maximum absolute atomic E-state index is 12.5. The Hall–Kier alpha value is -1.76. The van der Waals surface area contributed by atoms with E-state index < -0.39 is 11.7 Å². The number of nitrogens with one attached hydrogen (secondary N) is 1. The second kappa shape index (κ2) is 7.00. The van der Waals surface area contributed by atoms with E-state index in [1.165, 1.54) is 12.1 Å². The molecule has 2 N–H and O–H groups in total. The fraction of sp³-hybridized carbons (Fsp3) is 0.533. The zero-order valence-corrected chi connectivity index (χ0v) is 12.1. The third-order valence-electron chi connectivity index (χ3n) is 3.52. The van der Waals surface area contributed by atoms with E-state index in [1.807, 2.05) is 0 Å². The lowest BCUT2D eigenvalue weighted by atomic mass is 10.2. The third-order valence-corrected chi connectivity index (χ3v) is 3.52. The molecule has 0 bridgehead atoms. The molecule has 1 saturated carbocycles. The number of unbranched alkanes of at least 4 members (excludes halogenated alkanes) is 1. The number of nitrogens with zero attached hydrogens (tertiary/aromatic N) is 1. The standard InChI is InChI=1S/C15H19F3N2O2/c16-15(17,18)11-3-5-12(6-4-11)19-14(22)20(13-7-8-13)9-1-2-10-21/h3-6,13,21H,1-2,7-10H2,(H,19,22). The summed E-state index contributed by atoms with van der Waals surface area (Å²) in [5.41, 5.74) is -0.404. The van der Waals surface area contributed by atoms with E-state index in [9.17, 15) is 18.0 Å². The number of carbonyl (C=O) groups excluding carboxylic acids is 1. The number of anilines is 1. The normalized spacial score (nSPS) is 14.7. The van der Waals surface area contributed by atoms with Crippen molar-refractivity contribution in [2.75, 3.05) is 18.5 Å². The summed E-state index contributed by atoms with van der Waals surface area (Å²) < 4.78 is 37.4.